The molecule has 6 rings (SSSR count). The SMILES string of the molecule is COc1ccc(NC(=O)N2Cc3c(sc4c3CCCC4)-n3cccc3[C@H]2c2cccs2)cc1. The van der Waals surface area contributed by atoms with Crippen molar-refractivity contribution < 1.29 is 9.53 Å². The number of urea groups is 1. The molecule has 0 unspecified atom stereocenters. The van der Waals surface area contributed by atoms with Crippen LogP contribution in [0.4, 0.5) is 10.5 Å². The van der Waals surface area contributed by atoms with Gasteiger partial charge in [0.25, 0.3) is 0 Å². The number of carbonyl (C=O) groups excluding carboxylic acids is 1. The molecule has 1 aliphatic carbocycles. The molecule has 0 spiro atoms. The molecule has 168 valence electrons. The summed E-state index contributed by atoms with van der Waals surface area (Å²) in [5.74, 6) is 0.770. The molecule has 4 heterocycles. The summed E-state index contributed by atoms with van der Waals surface area (Å²) in [5, 5.41) is 6.51. The second-order valence-electron chi connectivity index (χ2n) is 8.50. The number of nitrogens with zero attached hydrogens (tertiary/aromatic N) is 2. The number of thiophene rings is 2. The summed E-state index contributed by atoms with van der Waals surface area (Å²) < 4.78 is 7.59. The Labute approximate surface area is 201 Å². The number of hydrogen-bond donors (Lipinski definition) is 1. The predicted molar refractivity (Wildman–Crippen MR) is 134 cm³/mol. The molecule has 4 aromatic rings. The van der Waals surface area contributed by atoms with E-state index in [9.17, 15) is 4.79 Å². The molecule has 2 aliphatic rings. The van der Waals surface area contributed by atoms with Gasteiger partial charge < -0.3 is 19.5 Å². The lowest BCUT2D eigenvalue weighted by Crippen LogP contribution is -2.37. The fourth-order valence-electron chi connectivity index (χ4n) is 5.00. The number of aromatic nitrogens is 1. The Morgan fingerprint density at radius 1 is 1.06 bits per heavy atom. The molecule has 1 aliphatic heterocycles. The average molecular weight is 476 g/mol. The maximum absolute atomic E-state index is 13.8. The lowest BCUT2D eigenvalue weighted by molar-refractivity contribution is 0.195. The number of benzene rings is 1. The molecule has 7 heteroatoms. The van der Waals surface area contributed by atoms with Crippen LogP contribution in [0.15, 0.2) is 60.1 Å². The second kappa shape index (κ2) is 8.39. The van der Waals surface area contributed by atoms with Crippen molar-refractivity contribution in [3.05, 3.63) is 86.7 Å². The third-order valence-electron chi connectivity index (χ3n) is 6.59. The van der Waals surface area contributed by atoms with Crippen molar-refractivity contribution in [3.8, 4) is 10.8 Å². The van der Waals surface area contributed by atoms with E-state index in [0.717, 1.165) is 30.0 Å². The Balaban J connectivity index is 1.45. The molecule has 1 aromatic carbocycles. The quantitative estimate of drug-likeness (QED) is 0.362. The van der Waals surface area contributed by atoms with Crippen molar-refractivity contribution in [2.45, 2.75) is 38.3 Å². The van der Waals surface area contributed by atoms with Crippen LogP contribution in [0.5, 0.6) is 5.75 Å². The minimum atomic E-state index is -0.142. The van der Waals surface area contributed by atoms with E-state index >= 15 is 0 Å². The Morgan fingerprint density at radius 3 is 2.70 bits per heavy atom. The van der Waals surface area contributed by atoms with Crippen LogP contribution in [-0.2, 0) is 19.4 Å². The normalized spacial score (nSPS) is 17.0. The van der Waals surface area contributed by atoms with Crippen LogP contribution in [0, 0.1) is 0 Å². The van der Waals surface area contributed by atoms with Crippen molar-refractivity contribution in [1.82, 2.24) is 9.47 Å². The van der Waals surface area contributed by atoms with Crippen molar-refractivity contribution in [1.29, 1.82) is 0 Å². The van der Waals surface area contributed by atoms with Gasteiger partial charge in [-0.2, -0.15) is 0 Å². The number of ether oxygens (including phenoxy) is 1. The van der Waals surface area contributed by atoms with E-state index in [2.05, 4.69) is 45.7 Å². The van der Waals surface area contributed by atoms with E-state index < -0.39 is 0 Å². The zero-order chi connectivity index (χ0) is 22.4. The molecule has 5 nitrogen and oxygen atoms in total. The van der Waals surface area contributed by atoms with E-state index in [1.54, 1.807) is 18.4 Å². The molecular weight excluding hydrogens is 450 g/mol. The Bertz CT molecular complexity index is 1290. The van der Waals surface area contributed by atoms with Crippen LogP contribution in [0.25, 0.3) is 5.00 Å². The van der Waals surface area contributed by atoms with Gasteiger partial charge in [-0.15, -0.1) is 22.7 Å². The zero-order valence-electron chi connectivity index (χ0n) is 18.4. The predicted octanol–water partition coefficient (Wildman–Crippen LogP) is 6.62. The zero-order valence-corrected chi connectivity index (χ0v) is 20.0. The lowest BCUT2D eigenvalue weighted by atomic mass is 9.95. The van der Waals surface area contributed by atoms with E-state index in [4.69, 9.17) is 4.74 Å². The molecule has 2 amide bonds. The Morgan fingerprint density at radius 2 is 1.91 bits per heavy atom. The first-order valence-electron chi connectivity index (χ1n) is 11.3. The third-order valence-corrected chi connectivity index (χ3v) is 8.85. The maximum atomic E-state index is 13.8. The molecule has 0 radical (unpaired) electrons. The number of carbonyl (C=O) groups is 1. The Kier molecular flexibility index (Phi) is 5.23. The van der Waals surface area contributed by atoms with E-state index in [1.807, 2.05) is 40.5 Å². The fourth-order valence-corrected chi connectivity index (χ4v) is 7.25. The van der Waals surface area contributed by atoms with Gasteiger partial charge in [0.15, 0.2) is 0 Å². The highest BCUT2D eigenvalue weighted by molar-refractivity contribution is 7.15. The molecule has 1 N–H and O–H groups in total. The first kappa shape index (κ1) is 20.6. The molecular formula is C26H25N3O2S2. The number of hydrogen-bond acceptors (Lipinski definition) is 4. The van der Waals surface area contributed by atoms with Gasteiger partial charge in [-0.1, -0.05) is 6.07 Å². The number of rotatable bonds is 3. The van der Waals surface area contributed by atoms with Crippen molar-refractivity contribution >= 4 is 34.4 Å². The highest BCUT2D eigenvalue weighted by Crippen LogP contribution is 2.44. The van der Waals surface area contributed by atoms with E-state index in [0.29, 0.717) is 6.54 Å². The molecule has 0 saturated heterocycles. The highest BCUT2D eigenvalue weighted by atomic mass is 32.1. The minimum absolute atomic E-state index is 0.0880. The topological polar surface area (TPSA) is 46.5 Å². The van der Waals surface area contributed by atoms with Gasteiger partial charge in [-0.3, -0.25) is 0 Å². The van der Waals surface area contributed by atoms with Gasteiger partial charge in [0.05, 0.1) is 19.3 Å². The van der Waals surface area contributed by atoms with Gasteiger partial charge >= 0.3 is 6.03 Å². The van der Waals surface area contributed by atoms with E-state index in [-0.39, 0.29) is 12.1 Å². The summed E-state index contributed by atoms with van der Waals surface area (Å²) in [6.07, 6.45) is 6.89. The van der Waals surface area contributed by atoms with Crippen LogP contribution in [0.3, 0.4) is 0 Å². The van der Waals surface area contributed by atoms with Crippen LogP contribution >= 0.6 is 22.7 Å². The highest BCUT2D eigenvalue weighted by Gasteiger charge is 2.36. The summed E-state index contributed by atoms with van der Waals surface area (Å²) in [6.45, 7) is 0.605. The first-order chi connectivity index (χ1) is 16.2. The molecule has 33 heavy (non-hydrogen) atoms. The largest absolute Gasteiger partial charge is 0.497 e. The van der Waals surface area contributed by atoms with Crippen molar-refractivity contribution in [2.75, 3.05) is 12.4 Å². The van der Waals surface area contributed by atoms with Crippen LogP contribution in [0.1, 0.15) is 45.5 Å². The maximum Gasteiger partial charge on any atom is 0.323 e. The number of anilines is 1. The minimum Gasteiger partial charge on any atom is -0.497 e. The smallest absolute Gasteiger partial charge is 0.323 e. The lowest BCUT2D eigenvalue weighted by Gasteiger charge is -2.30. The first-order valence-corrected chi connectivity index (χ1v) is 13.0. The summed E-state index contributed by atoms with van der Waals surface area (Å²) in [4.78, 5) is 18.5. The standard InChI is InChI=1S/C26H25N3O2S2/c1-31-18-12-10-17(11-13-18)27-26(30)29-16-20-19-6-2-3-8-22(19)33-25(20)28-14-4-7-21(28)24(29)23-9-5-15-32-23/h4-5,7,9-15,24H,2-3,6,8,16H2,1H3,(H,27,30)/t24-/m0/s1. The summed E-state index contributed by atoms with van der Waals surface area (Å²) >= 11 is 3.61. The number of aryl methyl sites for hydroxylation is 1. The summed E-state index contributed by atoms with van der Waals surface area (Å²) in [7, 11) is 1.64. The monoisotopic (exact) mass is 475 g/mol. The second-order valence-corrected chi connectivity index (χ2v) is 10.6. The van der Waals surface area contributed by atoms with Gasteiger partial charge in [0, 0.05) is 27.2 Å². The molecule has 3 aromatic heterocycles. The van der Waals surface area contributed by atoms with Crippen molar-refractivity contribution in [2.24, 2.45) is 0 Å². The fraction of sp³-hybridized carbons (Fsp3) is 0.269. The van der Waals surface area contributed by atoms with Crippen LogP contribution < -0.4 is 10.1 Å². The van der Waals surface area contributed by atoms with Gasteiger partial charge in [0.1, 0.15) is 16.8 Å². The number of amides is 2. The Hall–Kier alpha value is -3.03. The average Bonchev–Trinajstić information content (AvgIpc) is 3.59. The number of methoxy groups -OCH3 is 1. The summed E-state index contributed by atoms with van der Waals surface area (Å²) in [5.41, 5.74) is 4.68. The number of fused-ring (bicyclic) bond motifs is 5. The molecule has 1 atom stereocenters. The molecule has 0 fully saturated rings. The number of nitrogens with one attached hydrogen (secondary N) is 1. The van der Waals surface area contributed by atoms with Gasteiger partial charge in [-0.25, -0.2) is 4.79 Å². The summed E-state index contributed by atoms with van der Waals surface area (Å²) in [6, 6.07) is 15.7. The van der Waals surface area contributed by atoms with E-state index in [1.165, 1.54) is 38.7 Å². The molecule has 0 bridgehead atoms. The van der Waals surface area contributed by atoms with Gasteiger partial charge in [0.2, 0.25) is 0 Å². The van der Waals surface area contributed by atoms with Crippen molar-refractivity contribution in [3.63, 3.8) is 0 Å². The van der Waals surface area contributed by atoms with Crippen LogP contribution in [-0.4, -0.2) is 22.6 Å². The van der Waals surface area contributed by atoms with Gasteiger partial charge in [-0.05, 0) is 79.1 Å². The van der Waals surface area contributed by atoms with Crippen LogP contribution in [0.2, 0.25) is 0 Å². The third kappa shape index (κ3) is 3.56. The molecule has 0 saturated carbocycles.